The van der Waals surface area contributed by atoms with Crippen LogP contribution in [0.2, 0.25) is 0 Å². The molecule has 0 radical (unpaired) electrons. The Labute approximate surface area is 175 Å². The lowest BCUT2D eigenvalue weighted by Gasteiger charge is -2.44. The number of methoxy groups -OCH3 is 1. The Kier molecular flexibility index (Phi) is 7.92. The zero-order valence-electron chi connectivity index (χ0n) is 18.4. The summed E-state index contributed by atoms with van der Waals surface area (Å²) in [5, 5.41) is 0. The summed E-state index contributed by atoms with van der Waals surface area (Å²) in [5.41, 5.74) is 0.932. The maximum Gasteiger partial charge on any atom is 0.243 e. The number of hydrogen-bond acceptors (Lipinski definition) is 5. The van der Waals surface area contributed by atoms with Gasteiger partial charge in [-0.05, 0) is 70.4 Å². The van der Waals surface area contributed by atoms with Crippen molar-refractivity contribution in [2.24, 2.45) is 0 Å². The molecule has 1 unspecified atom stereocenters. The molecule has 3 rings (SSSR count). The minimum absolute atomic E-state index is 0.305. The average Bonchev–Trinajstić information content (AvgIpc) is 3.10. The van der Waals surface area contributed by atoms with Gasteiger partial charge in [0.1, 0.15) is 11.3 Å². The summed E-state index contributed by atoms with van der Waals surface area (Å²) in [6, 6.07) is 8.40. The van der Waals surface area contributed by atoms with E-state index in [2.05, 4.69) is 48.2 Å². The van der Waals surface area contributed by atoms with E-state index < -0.39 is 0 Å². The van der Waals surface area contributed by atoms with Gasteiger partial charge in [-0.15, -0.1) is 0 Å². The molecule has 2 aliphatic rings. The number of piperidine rings is 1. The summed E-state index contributed by atoms with van der Waals surface area (Å²) >= 11 is 0. The third-order valence-corrected chi connectivity index (χ3v) is 6.21. The van der Waals surface area contributed by atoms with E-state index in [-0.39, 0.29) is 5.54 Å². The fraction of sp³-hybridized carbons (Fsp3) is 0.696. The second kappa shape index (κ2) is 10.4. The molecule has 2 heterocycles. The highest BCUT2D eigenvalue weighted by atomic mass is 16.5. The Balaban J connectivity index is 1.58. The average molecular weight is 404 g/mol. The number of amides is 1. The molecule has 0 aromatic heterocycles. The zero-order valence-corrected chi connectivity index (χ0v) is 18.4. The van der Waals surface area contributed by atoms with Crippen LogP contribution in [0.4, 0.5) is 0 Å². The number of hydrogen-bond donors (Lipinski definition) is 0. The molecule has 2 aliphatic heterocycles. The summed E-state index contributed by atoms with van der Waals surface area (Å²) in [6.45, 7) is 5.75. The van der Waals surface area contributed by atoms with Gasteiger partial charge in [0.2, 0.25) is 5.91 Å². The molecule has 1 atom stereocenters. The topological polar surface area (TPSA) is 45.2 Å². The van der Waals surface area contributed by atoms with Crippen molar-refractivity contribution < 1.29 is 14.3 Å². The van der Waals surface area contributed by atoms with Crippen molar-refractivity contribution in [3.05, 3.63) is 29.8 Å². The molecule has 0 bridgehead atoms. The van der Waals surface area contributed by atoms with Crippen molar-refractivity contribution in [2.75, 3.05) is 60.6 Å². The molecule has 6 nitrogen and oxygen atoms in total. The van der Waals surface area contributed by atoms with E-state index in [0.717, 1.165) is 70.6 Å². The first-order valence-corrected chi connectivity index (χ1v) is 10.9. The van der Waals surface area contributed by atoms with Gasteiger partial charge in [0.05, 0.1) is 13.2 Å². The van der Waals surface area contributed by atoms with Crippen LogP contribution in [0, 0.1) is 0 Å². The van der Waals surface area contributed by atoms with E-state index in [4.69, 9.17) is 9.47 Å². The molecule has 162 valence electrons. The molecular weight excluding hydrogens is 366 g/mol. The van der Waals surface area contributed by atoms with Crippen LogP contribution in [0.25, 0.3) is 0 Å². The third-order valence-electron chi connectivity index (χ3n) is 6.21. The number of carbonyl (C=O) groups excluding carboxylic acids is 1. The van der Waals surface area contributed by atoms with Gasteiger partial charge in [-0.25, -0.2) is 0 Å². The van der Waals surface area contributed by atoms with Gasteiger partial charge < -0.3 is 19.3 Å². The fourth-order valence-corrected chi connectivity index (χ4v) is 4.65. The maximum atomic E-state index is 13.3. The van der Waals surface area contributed by atoms with Crippen LogP contribution >= 0.6 is 0 Å². The van der Waals surface area contributed by atoms with Crippen LogP contribution < -0.4 is 4.74 Å². The molecule has 0 N–H and O–H groups in total. The van der Waals surface area contributed by atoms with E-state index >= 15 is 0 Å². The number of nitrogens with zero attached hydrogens (tertiary/aromatic N) is 3. The second-order valence-electron chi connectivity index (χ2n) is 8.59. The van der Waals surface area contributed by atoms with Gasteiger partial charge in [0.25, 0.3) is 0 Å². The lowest BCUT2D eigenvalue weighted by molar-refractivity contribution is -0.148. The minimum Gasteiger partial charge on any atom is -0.494 e. The van der Waals surface area contributed by atoms with Gasteiger partial charge in [0.15, 0.2) is 0 Å². The molecule has 0 saturated carbocycles. The fourth-order valence-electron chi connectivity index (χ4n) is 4.65. The number of rotatable bonds is 10. The highest BCUT2D eigenvalue weighted by molar-refractivity contribution is 5.87. The molecule has 0 aliphatic carbocycles. The van der Waals surface area contributed by atoms with E-state index in [9.17, 15) is 4.79 Å². The van der Waals surface area contributed by atoms with Crippen LogP contribution in [-0.2, 0) is 16.1 Å². The van der Waals surface area contributed by atoms with E-state index in [0.29, 0.717) is 19.1 Å². The first-order chi connectivity index (χ1) is 14.0. The van der Waals surface area contributed by atoms with Gasteiger partial charge in [-0.1, -0.05) is 12.1 Å². The summed E-state index contributed by atoms with van der Waals surface area (Å²) in [5.74, 6) is 1.22. The lowest BCUT2D eigenvalue weighted by Crippen LogP contribution is -2.60. The van der Waals surface area contributed by atoms with Gasteiger partial charge in [-0.2, -0.15) is 0 Å². The van der Waals surface area contributed by atoms with Crippen molar-refractivity contribution in [3.8, 4) is 5.75 Å². The Bertz CT molecular complexity index is 649. The SMILES string of the molecule is COCCN1CCCC2(CCCN2Cc2ccc(OCCCN(C)C)cc2)C1=O. The first-order valence-electron chi connectivity index (χ1n) is 10.9. The van der Waals surface area contributed by atoms with Gasteiger partial charge in [0, 0.05) is 33.3 Å². The van der Waals surface area contributed by atoms with Crippen molar-refractivity contribution in [1.82, 2.24) is 14.7 Å². The Morgan fingerprint density at radius 1 is 1.07 bits per heavy atom. The standard InChI is InChI=1S/C23H37N3O3/c1-24(2)13-6-17-29-21-9-7-20(8-10-21)19-26-15-5-12-23(26)11-4-14-25(22(23)27)16-18-28-3/h7-10H,4-6,11-19H2,1-3H3. The normalized spacial score (nSPS) is 22.8. The largest absolute Gasteiger partial charge is 0.494 e. The van der Waals surface area contributed by atoms with Gasteiger partial charge in [-0.3, -0.25) is 9.69 Å². The maximum absolute atomic E-state index is 13.3. The highest BCUT2D eigenvalue weighted by Crippen LogP contribution is 2.39. The molecule has 1 aromatic carbocycles. The van der Waals surface area contributed by atoms with E-state index in [1.807, 2.05) is 4.90 Å². The van der Waals surface area contributed by atoms with Gasteiger partial charge >= 0.3 is 0 Å². The van der Waals surface area contributed by atoms with Crippen molar-refractivity contribution in [1.29, 1.82) is 0 Å². The van der Waals surface area contributed by atoms with E-state index in [1.54, 1.807) is 7.11 Å². The van der Waals surface area contributed by atoms with E-state index in [1.165, 1.54) is 5.56 Å². The molecule has 1 amide bonds. The van der Waals surface area contributed by atoms with Crippen molar-refractivity contribution in [3.63, 3.8) is 0 Å². The smallest absolute Gasteiger partial charge is 0.243 e. The van der Waals surface area contributed by atoms with Crippen LogP contribution in [0.5, 0.6) is 5.75 Å². The van der Waals surface area contributed by atoms with Crippen molar-refractivity contribution in [2.45, 2.75) is 44.2 Å². The van der Waals surface area contributed by atoms with Crippen LogP contribution in [0.1, 0.15) is 37.7 Å². The summed E-state index contributed by atoms with van der Waals surface area (Å²) in [7, 11) is 5.85. The number of ether oxygens (including phenoxy) is 2. The number of likely N-dealkylation sites (tertiary alicyclic amines) is 2. The molecule has 6 heteroatoms. The molecule has 1 aromatic rings. The molecule has 2 fully saturated rings. The lowest BCUT2D eigenvalue weighted by atomic mass is 9.85. The Hall–Kier alpha value is -1.63. The molecule has 1 spiro atoms. The number of carbonyl (C=O) groups is 1. The summed E-state index contributed by atoms with van der Waals surface area (Å²) in [4.78, 5) is 19.9. The number of benzene rings is 1. The molecule has 29 heavy (non-hydrogen) atoms. The Morgan fingerprint density at radius 2 is 1.79 bits per heavy atom. The van der Waals surface area contributed by atoms with Crippen LogP contribution in [-0.4, -0.2) is 86.7 Å². The summed E-state index contributed by atoms with van der Waals surface area (Å²) in [6.07, 6.45) is 5.14. The minimum atomic E-state index is -0.312. The summed E-state index contributed by atoms with van der Waals surface area (Å²) < 4.78 is 11.0. The first kappa shape index (κ1) is 22.1. The predicted octanol–water partition coefficient (Wildman–Crippen LogP) is 2.62. The van der Waals surface area contributed by atoms with Crippen molar-refractivity contribution >= 4 is 5.91 Å². The van der Waals surface area contributed by atoms with Crippen LogP contribution in [0.15, 0.2) is 24.3 Å². The quantitative estimate of drug-likeness (QED) is 0.562. The second-order valence-corrected chi connectivity index (χ2v) is 8.59. The molecule has 2 saturated heterocycles. The monoisotopic (exact) mass is 403 g/mol. The third kappa shape index (κ3) is 5.50. The zero-order chi connectivity index (χ0) is 20.7. The molecular formula is C23H37N3O3. The van der Waals surface area contributed by atoms with Crippen LogP contribution in [0.3, 0.4) is 0 Å². The Morgan fingerprint density at radius 3 is 2.48 bits per heavy atom. The predicted molar refractivity (Wildman–Crippen MR) is 115 cm³/mol. The highest BCUT2D eigenvalue weighted by Gasteiger charge is 2.50.